The lowest BCUT2D eigenvalue weighted by Gasteiger charge is -2.13. The van der Waals surface area contributed by atoms with Crippen LogP contribution in [0.15, 0.2) is 41.4 Å². The molecule has 3 N–H and O–H groups in total. The molecular formula is C18H20N6O3S. The number of H-pyrrole nitrogens is 2. The molecule has 0 bridgehead atoms. The first-order chi connectivity index (χ1) is 13.4. The van der Waals surface area contributed by atoms with Gasteiger partial charge in [-0.2, -0.15) is 5.10 Å². The Morgan fingerprint density at radius 1 is 1.21 bits per heavy atom. The molecule has 1 aliphatic rings. The second-order valence-corrected chi connectivity index (χ2v) is 8.36. The van der Waals surface area contributed by atoms with Gasteiger partial charge in [0.25, 0.3) is 15.9 Å². The minimum Gasteiger partial charge on any atom is -0.356 e. The highest BCUT2D eigenvalue weighted by Crippen LogP contribution is 2.23. The summed E-state index contributed by atoms with van der Waals surface area (Å²) in [6, 6.07) is 8.18. The first-order valence-corrected chi connectivity index (χ1v) is 10.4. The zero-order chi connectivity index (χ0) is 19.7. The van der Waals surface area contributed by atoms with Crippen molar-refractivity contribution >= 4 is 21.6 Å². The molecule has 4 rings (SSSR count). The normalized spacial score (nSPS) is 14.4. The number of aryl methyl sites for hydroxylation is 1. The predicted octanol–water partition coefficient (Wildman–Crippen LogP) is 2.15. The lowest BCUT2D eigenvalue weighted by atomic mass is 10.2. The van der Waals surface area contributed by atoms with Gasteiger partial charge in [-0.05, 0) is 38.0 Å². The number of amides is 1. The quantitative estimate of drug-likeness (QED) is 0.605. The van der Waals surface area contributed by atoms with Crippen LogP contribution in [0.1, 0.15) is 29.2 Å². The van der Waals surface area contributed by atoms with Gasteiger partial charge < -0.3 is 9.88 Å². The fourth-order valence-corrected chi connectivity index (χ4v) is 4.19. The van der Waals surface area contributed by atoms with Crippen LogP contribution in [0, 0.1) is 6.92 Å². The molecule has 3 aromatic rings. The van der Waals surface area contributed by atoms with E-state index in [0.717, 1.165) is 12.8 Å². The molecule has 2 aromatic heterocycles. The molecule has 0 unspecified atom stereocenters. The van der Waals surface area contributed by atoms with E-state index in [4.69, 9.17) is 0 Å². The molecular weight excluding hydrogens is 380 g/mol. The van der Waals surface area contributed by atoms with E-state index in [1.807, 2.05) is 0 Å². The molecule has 0 atom stereocenters. The topological polar surface area (TPSA) is 124 Å². The van der Waals surface area contributed by atoms with E-state index in [9.17, 15) is 13.2 Å². The fraction of sp³-hybridized carbons (Fsp3) is 0.278. The third-order valence-electron chi connectivity index (χ3n) is 4.56. The number of carbonyl (C=O) groups is 1. The van der Waals surface area contributed by atoms with Crippen LogP contribution in [0.25, 0.3) is 11.4 Å². The maximum absolute atomic E-state index is 12.7. The maximum atomic E-state index is 12.7. The smallest absolute Gasteiger partial charge is 0.270 e. The highest BCUT2D eigenvalue weighted by atomic mass is 32.2. The summed E-state index contributed by atoms with van der Waals surface area (Å²) < 4.78 is 28.0. The van der Waals surface area contributed by atoms with Gasteiger partial charge >= 0.3 is 0 Å². The first-order valence-electron chi connectivity index (χ1n) is 8.92. The number of benzene rings is 1. The van der Waals surface area contributed by atoms with Gasteiger partial charge in [0.1, 0.15) is 16.4 Å². The van der Waals surface area contributed by atoms with Crippen LogP contribution >= 0.6 is 0 Å². The number of rotatable bonds is 5. The van der Waals surface area contributed by atoms with Crippen molar-refractivity contribution in [3.63, 3.8) is 0 Å². The molecule has 0 radical (unpaired) electrons. The van der Waals surface area contributed by atoms with Gasteiger partial charge in [-0.3, -0.25) is 14.6 Å². The molecule has 0 spiro atoms. The van der Waals surface area contributed by atoms with Gasteiger partial charge in [-0.25, -0.2) is 13.4 Å². The molecule has 0 saturated carbocycles. The van der Waals surface area contributed by atoms with Crippen molar-refractivity contribution in [3.05, 3.63) is 48.0 Å². The summed E-state index contributed by atoms with van der Waals surface area (Å²) in [6.07, 6.45) is 3.27. The van der Waals surface area contributed by atoms with Gasteiger partial charge in [0, 0.05) is 30.5 Å². The molecule has 1 aromatic carbocycles. The Kier molecular flexibility index (Phi) is 4.63. The van der Waals surface area contributed by atoms with Crippen LogP contribution in [-0.4, -0.2) is 52.5 Å². The van der Waals surface area contributed by atoms with Crippen LogP contribution in [0.3, 0.4) is 0 Å². The summed E-state index contributed by atoms with van der Waals surface area (Å²) >= 11 is 0. The molecule has 3 heterocycles. The van der Waals surface area contributed by atoms with Crippen LogP contribution in [0.4, 0.5) is 5.69 Å². The van der Waals surface area contributed by atoms with E-state index in [0.29, 0.717) is 36.0 Å². The van der Waals surface area contributed by atoms with Crippen molar-refractivity contribution in [2.45, 2.75) is 24.7 Å². The monoisotopic (exact) mass is 400 g/mol. The van der Waals surface area contributed by atoms with Gasteiger partial charge in [0.15, 0.2) is 5.82 Å². The Balaban J connectivity index is 1.54. The van der Waals surface area contributed by atoms with Gasteiger partial charge in [-0.1, -0.05) is 12.1 Å². The third kappa shape index (κ3) is 3.63. The number of likely N-dealkylation sites (tertiary alicyclic amines) is 1. The van der Waals surface area contributed by atoms with Gasteiger partial charge in [0.05, 0.1) is 0 Å². The fourth-order valence-electron chi connectivity index (χ4n) is 3.15. The lowest BCUT2D eigenvalue weighted by molar-refractivity contribution is 0.0787. The van der Waals surface area contributed by atoms with Crippen molar-refractivity contribution in [1.29, 1.82) is 0 Å². The maximum Gasteiger partial charge on any atom is 0.270 e. The van der Waals surface area contributed by atoms with Crippen LogP contribution < -0.4 is 4.72 Å². The summed E-state index contributed by atoms with van der Waals surface area (Å²) in [5.74, 6) is 0.975. The summed E-state index contributed by atoms with van der Waals surface area (Å²) in [6.45, 7) is 3.19. The SMILES string of the molecule is Cc1nc(-c2cccc(NS(=O)(=O)c3c[nH]c(C(=O)N4CCCC4)c3)c2)n[nH]1. The molecule has 146 valence electrons. The number of nitrogens with zero attached hydrogens (tertiary/aromatic N) is 3. The largest absolute Gasteiger partial charge is 0.356 e. The van der Waals surface area contributed by atoms with Gasteiger partial charge in [-0.15, -0.1) is 0 Å². The Bertz CT molecular complexity index is 1110. The van der Waals surface area contributed by atoms with Crippen molar-refractivity contribution in [1.82, 2.24) is 25.1 Å². The molecule has 1 saturated heterocycles. The number of aromatic nitrogens is 4. The molecule has 10 heteroatoms. The standard InChI is InChI=1S/C18H20N6O3S/c1-12-20-17(22-21-12)13-5-4-6-14(9-13)23-28(26,27)15-10-16(19-11-15)18(25)24-7-2-3-8-24/h4-6,9-11,19,23H,2-3,7-8H2,1H3,(H,20,21,22). The summed E-state index contributed by atoms with van der Waals surface area (Å²) in [4.78, 5) is 21.2. The Labute approximate surface area is 162 Å². The average molecular weight is 400 g/mol. The van der Waals surface area contributed by atoms with Crippen molar-refractivity contribution in [2.24, 2.45) is 0 Å². The summed E-state index contributed by atoms with van der Waals surface area (Å²) in [5, 5.41) is 6.84. The summed E-state index contributed by atoms with van der Waals surface area (Å²) in [7, 11) is -3.84. The van der Waals surface area contributed by atoms with Crippen LogP contribution in [0.5, 0.6) is 0 Å². The average Bonchev–Trinajstić information content (AvgIpc) is 3.42. The van der Waals surface area contributed by atoms with E-state index in [-0.39, 0.29) is 16.5 Å². The molecule has 1 amide bonds. The Morgan fingerprint density at radius 3 is 2.71 bits per heavy atom. The Morgan fingerprint density at radius 2 is 2.00 bits per heavy atom. The molecule has 0 aliphatic carbocycles. The predicted molar refractivity (Wildman–Crippen MR) is 103 cm³/mol. The van der Waals surface area contributed by atoms with E-state index >= 15 is 0 Å². The van der Waals surface area contributed by atoms with E-state index < -0.39 is 10.0 Å². The third-order valence-corrected chi connectivity index (χ3v) is 5.92. The van der Waals surface area contributed by atoms with Crippen LogP contribution in [0.2, 0.25) is 0 Å². The summed E-state index contributed by atoms with van der Waals surface area (Å²) in [5.41, 5.74) is 1.34. The number of aromatic amines is 2. The van der Waals surface area contributed by atoms with Crippen LogP contribution in [-0.2, 0) is 10.0 Å². The first kappa shape index (κ1) is 18.2. The number of hydrogen-bond donors (Lipinski definition) is 3. The number of hydrogen-bond acceptors (Lipinski definition) is 5. The van der Waals surface area contributed by atoms with Gasteiger partial charge in [0.2, 0.25) is 0 Å². The highest BCUT2D eigenvalue weighted by Gasteiger charge is 2.23. The molecule has 1 fully saturated rings. The van der Waals surface area contributed by atoms with E-state index in [1.165, 1.54) is 12.3 Å². The van der Waals surface area contributed by atoms with Crippen molar-refractivity contribution in [3.8, 4) is 11.4 Å². The molecule has 28 heavy (non-hydrogen) atoms. The zero-order valence-corrected chi connectivity index (χ0v) is 16.1. The lowest BCUT2D eigenvalue weighted by Crippen LogP contribution is -2.27. The minimum absolute atomic E-state index is 0.00851. The number of anilines is 1. The number of nitrogens with one attached hydrogen (secondary N) is 3. The molecule has 9 nitrogen and oxygen atoms in total. The van der Waals surface area contributed by atoms with E-state index in [1.54, 1.807) is 36.1 Å². The minimum atomic E-state index is -3.84. The number of carbonyl (C=O) groups excluding carboxylic acids is 1. The molecule has 1 aliphatic heterocycles. The van der Waals surface area contributed by atoms with E-state index in [2.05, 4.69) is 24.9 Å². The second kappa shape index (κ2) is 7.12. The Hall–Kier alpha value is -3.14. The van der Waals surface area contributed by atoms with Crippen molar-refractivity contribution in [2.75, 3.05) is 17.8 Å². The zero-order valence-electron chi connectivity index (χ0n) is 15.3. The highest BCUT2D eigenvalue weighted by molar-refractivity contribution is 7.92. The van der Waals surface area contributed by atoms with Crippen molar-refractivity contribution < 1.29 is 13.2 Å². The number of sulfonamides is 1. The second-order valence-electron chi connectivity index (χ2n) is 6.68.